The van der Waals surface area contributed by atoms with Crippen LogP contribution in [-0.4, -0.2) is 16.6 Å². The normalized spacial score (nSPS) is 21.9. The first kappa shape index (κ1) is 7.71. The van der Waals surface area contributed by atoms with E-state index in [0.717, 1.165) is 24.2 Å². The Morgan fingerprint density at radius 1 is 1.67 bits per heavy atom. The standard InChI is InChI=1S/C9H12N2O/c12-6-7-1-3-11-9(5-7)8-2-4-10-8/h1,3,5,8,10,12H,2,4,6H2/t8-/m1/s1. The van der Waals surface area contributed by atoms with Crippen LogP contribution in [0.15, 0.2) is 18.3 Å². The fourth-order valence-corrected chi connectivity index (χ4v) is 1.32. The summed E-state index contributed by atoms with van der Waals surface area (Å²) in [4.78, 5) is 4.24. The van der Waals surface area contributed by atoms with E-state index in [1.165, 1.54) is 0 Å². The lowest BCUT2D eigenvalue weighted by molar-refractivity contribution is 0.281. The van der Waals surface area contributed by atoms with Crippen molar-refractivity contribution in [3.8, 4) is 0 Å². The van der Waals surface area contributed by atoms with Gasteiger partial charge in [-0.2, -0.15) is 0 Å². The third-order valence-electron chi connectivity index (χ3n) is 2.21. The second-order valence-corrected chi connectivity index (χ2v) is 3.04. The van der Waals surface area contributed by atoms with E-state index in [0.29, 0.717) is 6.04 Å². The van der Waals surface area contributed by atoms with Gasteiger partial charge in [0.25, 0.3) is 0 Å². The SMILES string of the molecule is OCc1ccnc([C@H]2CCN2)c1. The maximum Gasteiger partial charge on any atom is 0.0683 e. The molecule has 1 aliphatic heterocycles. The molecule has 0 bridgehead atoms. The molecule has 1 aromatic rings. The van der Waals surface area contributed by atoms with E-state index in [9.17, 15) is 0 Å². The molecule has 0 saturated carbocycles. The summed E-state index contributed by atoms with van der Waals surface area (Å²) in [6.45, 7) is 1.18. The average Bonchev–Trinajstić information content (AvgIpc) is 2.02. The largest absolute Gasteiger partial charge is 0.392 e. The lowest BCUT2D eigenvalue weighted by Crippen LogP contribution is -2.35. The van der Waals surface area contributed by atoms with Crippen LogP contribution in [0, 0.1) is 0 Å². The van der Waals surface area contributed by atoms with Crippen molar-refractivity contribution in [1.82, 2.24) is 10.3 Å². The molecule has 1 aliphatic rings. The van der Waals surface area contributed by atoms with Crippen LogP contribution in [0.1, 0.15) is 23.7 Å². The molecule has 2 heterocycles. The molecule has 1 saturated heterocycles. The molecule has 1 aromatic heterocycles. The van der Waals surface area contributed by atoms with Gasteiger partial charge in [0.05, 0.1) is 18.3 Å². The molecule has 1 atom stereocenters. The number of pyridine rings is 1. The van der Waals surface area contributed by atoms with Crippen molar-refractivity contribution < 1.29 is 5.11 Å². The third-order valence-corrected chi connectivity index (χ3v) is 2.21. The van der Waals surface area contributed by atoms with Crippen LogP contribution in [0.3, 0.4) is 0 Å². The summed E-state index contributed by atoms with van der Waals surface area (Å²) < 4.78 is 0. The van der Waals surface area contributed by atoms with Crippen molar-refractivity contribution in [3.05, 3.63) is 29.6 Å². The van der Waals surface area contributed by atoms with Crippen molar-refractivity contribution in [3.63, 3.8) is 0 Å². The van der Waals surface area contributed by atoms with E-state index < -0.39 is 0 Å². The van der Waals surface area contributed by atoms with E-state index in [1.54, 1.807) is 6.20 Å². The van der Waals surface area contributed by atoms with E-state index >= 15 is 0 Å². The summed E-state index contributed by atoms with van der Waals surface area (Å²) >= 11 is 0. The Balaban J connectivity index is 2.19. The Kier molecular flexibility index (Phi) is 2.06. The second-order valence-electron chi connectivity index (χ2n) is 3.04. The van der Waals surface area contributed by atoms with Crippen molar-refractivity contribution >= 4 is 0 Å². The summed E-state index contributed by atoms with van der Waals surface area (Å²) in [5.74, 6) is 0. The molecular weight excluding hydrogens is 152 g/mol. The predicted molar refractivity (Wildman–Crippen MR) is 45.5 cm³/mol. The van der Waals surface area contributed by atoms with Gasteiger partial charge < -0.3 is 10.4 Å². The first-order valence-electron chi connectivity index (χ1n) is 4.19. The first-order chi connectivity index (χ1) is 5.90. The zero-order valence-electron chi connectivity index (χ0n) is 6.83. The minimum Gasteiger partial charge on any atom is -0.392 e. The lowest BCUT2D eigenvalue weighted by atomic mass is 10.0. The van der Waals surface area contributed by atoms with E-state index in [-0.39, 0.29) is 6.61 Å². The minimum absolute atomic E-state index is 0.0994. The van der Waals surface area contributed by atoms with Gasteiger partial charge in [0.1, 0.15) is 0 Å². The van der Waals surface area contributed by atoms with Gasteiger partial charge in [-0.1, -0.05) is 0 Å². The van der Waals surface area contributed by atoms with Crippen LogP contribution in [0.25, 0.3) is 0 Å². The van der Waals surface area contributed by atoms with E-state index in [4.69, 9.17) is 5.11 Å². The van der Waals surface area contributed by atoms with E-state index in [2.05, 4.69) is 10.3 Å². The monoisotopic (exact) mass is 164 g/mol. The lowest BCUT2D eigenvalue weighted by Gasteiger charge is -2.27. The Bertz CT molecular complexity index is 271. The van der Waals surface area contributed by atoms with Gasteiger partial charge in [0.15, 0.2) is 0 Å². The highest BCUT2D eigenvalue weighted by Gasteiger charge is 2.19. The second kappa shape index (κ2) is 3.21. The quantitative estimate of drug-likeness (QED) is 0.673. The molecule has 64 valence electrons. The van der Waals surface area contributed by atoms with Crippen LogP contribution < -0.4 is 5.32 Å². The van der Waals surface area contributed by atoms with Gasteiger partial charge in [0.2, 0.25) is 0 Å². The number of nitrogens with zero attached hydrogens (tertiary/aromatic N) is 1. The van der Waals surface area contributed by atoms with Gasteiger partial charge in [0, 0.05) is 6.20 Å². The fraction of sp³-hybridized carbons (Fsp3) is 0.444. The Hall–Kier alpha value is -0.930. The molecule has 12 heavy (non-hydrogen) atoms. The number of aliphatic hydroxyl groups is 1. The summed E-state index contributed by atoms with van der Waals surface area (Å²) in [6, 6.07) is 4.20. The number of nitrogens with one attached hydrogen (secondary N) is 1. The molecule has 0 radical (unpaired) electrons. The smallest absolute Gasteiger partial charge is 0.0683 e. The van der Waals surface area contributed by atoms with Crippen LogP contribution in [0.4, 0.5) is 0 Å². The molecule has 1 fully saturated rings. The highest BCUT2D eigenvalue weighted by Crippen LogP contribution is 2.20. The molecule has 2 N–H and O–H groups in total. The molecule has 3 nitrogen and oxygen atoms in total. The third kappa shape index (κ3) is 1.33. The maximum atomic E-state index is 8.89. The number of hydrogen-bond donors (Lipinski definition) is 2. The molecule has 0 amide bonds. The number of aromatic nitrogens is 1. The Morgan fingerprint density at radius 3 is 3.08 bits per heavy atom. The van der Waals surface area contributed by atoms with Gasteiger partial charge in [-0.15, -0.1) is 0 Å². The number of hydrogen-bond acceptors (Lipinski definition) is 3. The minimum atomic E-state index is 0.0994. The molecule has 0 unspecified atom stereocenters. The van der Waals surface area contributed by atoms with E-state index in [1.807, 2.05) is 12.1 Å². The van der Waals surface area contributed by atoms with Crippen LogP contribution in [-0.2, 0) is 6.61 Å². The average molecular weight is 164 g/mol. The number of aliphatic hydroxyl groups excluding tert-OH is 1. The topological polar surface area (TPSA) is 45.2 Å². The van der Waals surface area contributed by atoms with Crippen LogP contribution in [0.2, 0.25) is 0 Å². The Morgan fingerprint density at radius 2 is 2.50 bits per heavy atom. The molecule has 0 aliphatic carbocycles. The van der Waals surface area contributed by atoms with Crippen molar-refractivity contribution in [1.29, 1.82) is 0 Å². The van der Waals surface area contributed by atoms with Crippen molar-refractivity contribution in [2.24, 2.45) is 0 Å². The zero-order chi connectivity index (χ0) is 8.39. The molecule has 3 heteroatoms. The summed E-state index contributed by atoms with van der Waals surface area (Å²) in [5.41, 5.74) is 1.99. The highest BCUT2D eigenvalue weighted by atomic mass is 16.3. The van der Waals surface area contributed by atoms with Crippen LogP contribution >= 0.6 is 0 Å². The van der Waals surface area contributed by atoms with Crippen molar-refractivity contribution in [2.45, 2.75) is 19.1 Å². The van der Waals surface area contributed by atoms with Gasteiger partial charge in [-0.05, 0) is 30.7 Å². The maximum absolute atomic E-state index is 8.89. The summed E-state index contributed by atoms with van der Waals surface area (Å²) in [6.07, 6.45) is 2.91. The van der Waals surface area contributed by atoms with Crippen LogP contribution in [0.5, 0.6) is 0 Å². The first-order valence-corrected chi connectivity index (χ1v) is 4.19. The molecular formula is C9H12N2O. The predicted octanol–water partition coefficient (Wildman–Crippen LogP) is 0.608. The van der Waals surface area contributed by atoms with Gasteiger partial charge in [-0.25, -0.2) is 0 Å². The zero-order valence-corrected chi connectivity index (χ0v) is 6.83. The summed E-state index contributed by atoms with van der Waals surface area (Å²) in [7, 11) is 0. The van der Waals surface area contributed by atoms with Gasteiger partial charge in [-0.3, -0.25) is 4.98 Å². The highest BCUT2D eigenvalue weighted by molar-refractivity contribution is 5.19. The van der Waals surface area contributed by atoms with Crippen molar-refractivity contribution in [2.75, 3.05) is 6.54 Å². The fourth-order valence-electron chi connectivity index (χ4n) is 1.32. The molecule has 0 aromatic carbocycles. The van der Waals surface area contributed by atoms with Gasteiger partial charge >= 0.3 is 0 Å². The molecule has 0 spiro atoms. The summed E-state index contributed by atoms with van der Waals surface area (Å²) in [5, 5.41) is 12.2. The Labute approximate surface area is 71.4 Å². The number of rotatable bonds is 2. The molecule has 2 rings (SSSR count).